The fraction of sp³-hybridized carbons (Fsp3) is 0.267. The second kappa shape index (κ2) is 6.75. The Morgan fingerprint density at radius 1 is 1.42 bits per heavy atom. The molecule has 0 unspecified atom stereocenters. The van der Waals surface area contributed by atoms with E-state index in [0.29, 0.717) is 6.61 Å². The number of aromatic nitrogens is 2. The van der Waals surface area contributed by atoms with Gasteiger partial charge in [-0.3, -0.25) is 0 Å². The van der Waals surface area contributed by atoms with Gasteiger partial charge >= 0.3 is 0 Å². The maximum Gasteiger partial charge on any atom is 0.207 e. The van der Waals surface area contributed by atoms with Crippen LogP contribution in [0.4, 0.5) is 11.6 Å². The number of ether oxygens (including phenoxy) is 1. The largest absolute Gasteiger partial charge is 0.384 e. The number of hydrogen-bond donors (Lipinski definition) is 1. The monoisotopic (exact) mass is 257 g/mol. The Kier molecular flexibility index (Phi) is 4.75. The van der Waals surface area contributed by atoms with Crippen molar-refractivity contribution in [3.8, 4) is 0 Å². The predicted molar refractivity (Wildman–Crippen MR) is 77.7 cm³/mol. The van der Waals surface area contributed by atoms with E-state index < -0.39 is 0 Å². The predicted octanol–water partition coefficient (Wildman–Crippen LogP) is 3.00. The highest BCUT2D eigenvalue weighted by atomic mass is 16.5. The smallest absolute Gasteiger partial charge is 0.207 e. The molecule has 2 rings (SSSR count). The summed E-state index contributed by atoms with van der Waals surface area (Å²) in [5.74, 6) is 0.824. The number of anilines is 2. The van der Waals surface area contributed by atoms with E-state index in [0.717, 1.165) is 24.6 Å². The quantitative estimate of drug-likeness (QED) is 0.775. The number of benzene rings is 1. The highest BCUT2D eigenvalue weighted by molar-refractivity contribution is 5.58. The van der Waals surface area contributed by atoms with Crippen LogP contribution in [0.2, 0.25) is 0 Å². The lowest BCUT2D eigenvalue weighted by atomic mass is 10.1. The number of para-hydroxylation sites is 1. The molecule has 2 aromatic rings. The summed E-state index contributed by atoms with van der Waals surface area (Å²) in [6, 6.07) is 8.20. The van der Waals surface area contributed by atoms with E-state index in [-0.39, 0.29) is 0 Å². The molecule has 0 fully saturated rings. The summed E-state index contributed by atoms with van der Waals surface area (Å²) in [7, 11) is 1.72. The molecule has 0 saturated heterocycles. The Balaban J connectivity index is 2.17. The third kappa shape index (κ3) is 3.45. The normalized spacial score (nSPS) is 10.4. The van der Waals surface area contributed by atoms with E-state index in [2.05, 4.69) is 29.0 Å². The SMILES string of the molecule is C=CCn1ccnc1Nc1ccccc1CCOC. The number of nitrogens with one attached hydrogen (secondary N) is 1. The van der Waals surface area contributed by atoms with Gasteiger partial charge in [0, 0.05) is 31.7 Å². The maximum absolute atomic E-state index is 5.14. The Morgan fingerprint density at radius 3 is 3.05 bits per heavy atom. The second-order valence-corrected chi connectivity index (χ2v) is 4.22. The molecule has 0 bridgehead atoms. The van der Waals surface area contributed by atoms with Crippen LogP contribution in [-0.2, 0) is 17.7 Å². The molecule has 4 heteroatoms. The van der Waals surface area contributed by atoms with E-state index in [1.165, 1.54) is 5.56 Å². The van der Waals surface area contributed by atoms with Gasteiger partial charge in [-0.25, -0.2) is 4.98 Å². The average Bonchev–Trinajstić information content (AvgIpc) is 2.86. The molecule has 0 amide bonds. The minimum Gasteiger partial charge on any atom is -0.384 e. The molecule has 0 atom stereocenters. The maximum atomic E-state index is 5.14. The van der Waals surface area contributed by atoms with E-state index in [9.17, 15) is 0 Å². The van der Waals surface area contributed by atoms with Crippen LogP contribution in [0.15, 0.2) is 49.3 Å². The van der Waals surface area contributed by atoms with E-state index in [1.54, 1.807) is 13.3 Å². The Labute approximate surface area is 113 Å². The number of imidazole rings is 1. The van der Waals surface area contributed by atoms with Crippen LogP contribution in [-0.4, -0.2) is 23.3 Å². The molecule has 4 nitrogen and oxygen atoms in total. The number of nitrogens with zero attached hydrogens (tertiary/aromatic N) is 2. The number of hydrogen-bond acceptors (Lipinski definition) is 3. The van der Waals surface area contributed by atoms with E-state index in [1.807, 2.05) is 29.0 Å². The third-order valence-corrected chi connectivity index (χ3v) is 2.88. The first kappa shape index (κ1) is 13.4. The van der Waals surface area contributed by atoms with Crippen LogP contribution in [0, 0.1) is 0 Å². The number of rotatable bonds is 7. The van der Waals surface area contributed by atoms with Crippen LogP contribution in [0.1, 0.15) is 5.56 Å². The molecule has 0 aliphatic rings. The van der Waals surface area contributed by atoms with Gasteiger partial charge in [-0.05, 0) is 18.1 Å². The minimum absolute atomic E-state index is 0.708. The van der Waals surface area contributed by atoms with Crippen molar-refractivity contribution in [3.05, 3.63) is 54.9 Å². The first-order chi connectivity index (χ1) is 9.35. The summed E-state index contributed by atoms with van der Waals surface area (Å²) >= 11 is 0. The van der Waals surface area contributed by atoms with Crippen molar-refractivity contribution in [1.82, 2.24) is 9.55 Å². The lowest BCUT2D eigenvalue weighted by molar-refractivity contribution is 0.202. The fourth-order valence-electron chi connectivity index (χ4n) is 1.91. The summed E-state index contributed by atoms with van der Waals surface area (Å²) < 4.78 is 7.15. The van der Waals surface area contributed by atoms with Gasteiger partial charge < -0.3 is 14.6 Å². The van der Waals surface area contributed by atoms with Crippen LogP contribution in [0.25, 0.3) is 0 Å². The summed E-state index contributed by atoms with van der Waals surface area (Å²) in [6.45, 7) is 5.20. The first-order valence-electron chi connectivity index (χ1n) is 6.31. The zero-order valence-electron chi connectivity index (χ0n) is 11.2. The van der Waals surface area contributed by atoms with Crippen LogP contribution < -0.4 is 5.32 Å². The zero-order valence-corrected chi connectivity index (χ0v) is 11.2. The van der Waals surface area contributed by atoms with Crippen molar-refractivity contribution >= 4 is 11.6 Å². The van der Waals surface area contributed by atoms with Crippen molar-refractivity contribution in [2.45, 2.75) is 13.0 Å². The second-order valence-electron chi connectivity index (χ2n) is 4.22. The molecule has 0 aliphatic carbocycles. The van der Waals surface area contributed by atoms with Crippen molar-refractivity contribution in [2.24, 2.45) is 0 Å². The molecular weight excluding hydrogens is 238 g/mol. The summed E-state index contributed by atoms with van der Waals surface area (Å²) in [6.07, 6.45) is 6.44. The van der Waals surface area contributed by atoms with Crippen LogP contribution in [0.3, 0.4) is 0 Å². The lowest BCUT2D eigenvalue weighted by Gasteiger charge is -2.12. The molecule has 1 heterocycles. The molecular formula is C15H19N3O. The molecule has 1 aromatic heterocycles. The summed E-state index contributed by atoms with van der Waals surface area (Å²) in [5, 5.41) is 3.36. The molecule has 0 spiro atoms. The Morgan fingerprint density at radius 2 is 2.26 bits per heavy atom. The highest BCUT2D eigenvalue weighted by Gasteiger charge is 2.05. The van der Waals surface area contributed by atoms with Crippen molar-refractivity contribution in [1.29, 1.82) is 0 Å². The average molecular weight is 257 g/mol. The zero-order chi connectivity index (χ0) is 13.5. The third-order valence-electron chi connectivity index (χ3n) is 2.88. The molecule has 1 aromatic carbocycles. The van der Waals surface area contributed by atoms with Crippen molar-refractivity contribution < 1.29 is 4.74 Å². The number of methoxy groups -OCH3 is 1. The van der Waals surface area contributed by atoms with Gasteiger partial charge in [0.15, 0.2) is 0 Å². The molecule has 100 valence electrons. The summed E-state index contributed by atoms with van der Waals surface area (Å²) in [5.41, 5.74) is 2.29. The van der Waals surface area contributed by atoms with Crippen LogP contribution in [0.5, 0.6) is 0 Å². The van der Waals surface area contributed by atoms with Gasteiger partial charge in [0.05, 0.1) is 6.61 Å². The van der Waals surface area contributed by atoms with Crippen LogP contribution >= 0.6 is 0 Å². The standard InChI is InChI=1S/C15H19N3O/c1-3-10-18-11-9-16-15(18)17-14-7-5-4-6-13(14)8-12-19-2/h3-7,9,11H,1,8,10,12H2,2H3,(H,16,17). The molecule has 0 aliphatic heterocycles. The van der Waals surface area contributed by atoms with Gasteiger partial charge in [-0.1, -0.05) is 24.3 Å². The van der Waals surface area contributed by atoms with E-state index >= 15 is 0 Å². The Hall–Kier alpha value is -2.07. The van der Waals surface area contributed by atoms with Gasteiger partial charge in [0.2, 0.25) is 5.95 Å². The van der Waals surface area contributed by atoms with Gasteiger partial charge in [0.1, 0.15) is 0 Å². The fourth-order valence-corrected chi connectivity index (χ4v) is 1.91. The topological polar surface area (TPSA) is 39.1 Å². The minimum atomic E-state index is 0.708. The Bertz CT molecular complexity index is 534. The molecule has 19 heavy (non-hydrogen) atoms. The van der Waals surface area contributed by atoms with Gasteiger partial charge in [-0.2, -0.15) is 0 Å². The first-order valence-corrected chi connectivity index (χ1v) is 6.31. The molecule has 0 radical (unpaired) electrons. The summed E-state index contributed by atoms with van der Waals surface area (Å²) in [4.78, 5) is 4.32. The number of allylic oxidation sites excluding steroid dienone is 1. The molecule has 0 saturated carbocycles. The highest BCUT2D eigenvalue weighted by Crippen LogP contribution is 2.20. The van der Waals surface area contributed by atoms with Crippen molar-refractivity contribution in [2.75, 3.05) is 19.0 Å². The van der Waals surface area contributed by atoms with E-state index in [4.69, 9.17) is 4.74 Å². The van der Waals surface area contributed by atoms with Crippen molar-refractivity contribution in [3.63, 3.8) is 0 Å². The van der Waals surface area contributed by atoms with Gasteiger partial charge in [0.25, 0.3) is 0 Å². The van der Waals surface area contributed by atoms with Gasteiger partial charge in [-0.15, -0.1) is 6.58 Å². The molecule has 1 N–H and O–H groups in total. The lowest BCUT2D eigenvalue weighted by Crippen LogP contribution is -2.05.